The molecule has 0 aliphatic carbocycles. The van der Waals surface area contributed by atoms with Crippen molar-refractivity contribution < 1.29 is 8.78 Å². The SMILES string of the molecule is CC(C)(C)CCCC(NN)c1cc(F)c(Cl)cc1F. The number of hydrogen-bond acceptors (Lipinski definition) is 2. The van der Waals surface area contributed by atoms with E-state index >= 15 is 0 Å². The molecule has 0 spiro atoms. The van der Waals surface area contributed by atoms with E-state index in [4.69, 9.17) is 17.4 Å². The van der Waals surface area contributed by atoms with Crippen molar-refractivity contribution in [3.63, 3.8) is 0 Å². The fourth-order valence-electron chi connectivity index (χ4n) is 1.97. The van der Waals surface area contributed by atoms with E-state index in [-0.39, 0.29) is 16.0 Å². The molecule has 0 aliphatic rings. The van der Waals surface area contributed by atoms with Gasteiger partial charge in [0.15, 0.2) is 0 Å². The Bertz CT molecular complexity index is 430. The molecule has 2 nitrogen and oxygen atoms in total. The Balaban J connectivity index is 2.77. The quantitative estimate of drug-likeness (QED) is 0.481. The van der Waals surface area contributed by atoms with E-state index in [0.29, 0.717) is 6.42 Å². The summed E-state index contributed by atoms with van der Waals surface area (Å²) in [5, 5.41) is -0.216. The largest absolute Gasteiger partial charge is 0.271 e. The zero-order valence-corrected chi connectivity index (χ0v) is 12.3. The second-order valence-electron chi connectivity index (χ2n) is 5.96. The number of nitrogens with two attached hydrogens (primary N) is 1. The van der Waals surface area contributed by atoms with E-state index in [1.165, 1.54) is 0 Å². The summed E-state index contributed by atoms with van der Waals surface area (Å²) < 4.78 is 27.2. The molecule has 1 unspecified atom stereocenters. The molecule has 1 atom stereocenters. The molecule has 3 N–H and O–H groups in total. The van der Waals surface area contributed by atoms with Gasteiger partial charge < -0.3 is 0 Å². The van der Waals surface area contributed by atoms with Gasteiger partial charge in [-0.25, -0.2) is 8.78 Å². The van der Waals surface area contributed by atoms with Crippen LogP contribution in [0.25, 0.3) is 0 Å². The van der Waals surface area contributed by atoms with Crippen molar-refractivity contribution in [3.8, 4) is 0 Å². The average molecular weight is 291 g/mol. The molecule has 1 aromatic carbocycles. The Morgan fingerprint density at radius 3 is 2.42 bits per heavy atom. The van der Waals surface area contributed by atoms with Gasteiger partial charge in [-0.15, -0.1) is 0 Å². The van der Waals surface area contributed by atoms with Crippen LogP contribution in [-0.2, 0) is 0 Å². The highest BCUT2D eigenvalue weighted by Crippen LogP contribution is 2.29. The lowest BCUT2D eigenvalue weighted by Crippen LogP contribution is -2.29. The first-order valence-electron chi connectivity index (χ1n) is 6.35. The predicted molar refractivity (Wildman–Crippen MR) is 74.7 cm³/mol. The molecule has 0 aliphatic heterocycles. The second-order valence-corrected chi connectivity index (χ2v) is 6.37. The highest BCUT2D eigenvalue weighted by Gasteiger charge is 2.18. The molecule has 0 fully saturated rings. The molecule has 5 heteroatoms. The Labute approximate surface area is 118 Å². The third-order valence-corrected chi connectivity index (χ3v) is 3.33. The van der Waals surface area contributed by atoms with Gasteiger partial charge in [-0.1, -0.05) is 38.8 Å². The summed E-state index contributed by atoms with van der Waals surface area (Å²) in [6, 6.07) is 1.69. The summed E-state index contributed by atoms with van der Waals surface area (Å²) in [6.45, 7) is 6.42. The monoisotopic (exact) mass is 290 g/mol. The van der Waals surface area contributed by atoms with Crippen LogP contribution in [0.4, 0.5) is 8.78 Å². The molecule has 19 heavy (non-hydrogen) atoms. The highest BCUT2D eigenvalue weighted by atomic mass is 35.5. The fraction of sp³-hybridized carbons (Fsp3) is 0.571. The van der Waals surface area contributed by atoms with Gasteiger partial charge in [0.2, 0.25) is 0 Å². The number of hydrogen-bond donors (Lipinski definition) is 2. The Morgan fingerprint density at radius 2 is 1.89 bits per heavy atom. The van der Waals surface area contributed by atoms with Crippen LogP contribution in [0.3, 0.4) is 0 Å². The standard InChI is InChI=1S/C14H21ClF2N2/c1-14(2,3)6-4-5-13(19-18)9-7-12(17)10(15)8-11(9)16/h7-8,13,19H,4-6,18H2,1-3H3. The first-order chi connectivity index (χ1) is 8.74. The first-order valence-corrected chi connectivity index (χ1v) is 6.73. The molecule has 1 aromatic rings. The minimum atomic E-state index is -0.630. The minimum Gasteiger partial charge on any atom is -0.271 e. The second kappa shape index (κ2) is 6.64. The van der Waals surface area contributed by atoms with Crippen molar-refractivity contribution in [2.24, 2.45) is 11.3 Å². The zero-order valence-electron chi connectivity index (χ0n) is 11.6. The molecule has 0 aromatic heterocycles. The maximum atomic E-state index is 13.8. The molecular formula is C14H21ClF2N2. The Morgan fingerprint density at radius 1 is 1.26 bits per heavy atom. The maximum absolute atomic E-state index is 13.8. The van der Waals surface area contributed by atoms with Crippen molar-refractivity contribution in [1.82, 2.24) is 5.43 Å². The van der Waals surface area contributed by atoms with Crippen LogP contribution >= 0.6 is 11.6 Å². The minimum absolute atomic E-state index is 0.211. The summed E-state index contributed by atoms with van der Waals surface area (Å²) >= 11 is 5.53. The number of nitrogens with one attached hydrogen (secondary N) is 1. The summed E-state index contributed by atoms with van der Waals surface area (Å²) in [4.78, 5) is 0. The lowest BCUT2D eigenvalue weighted by Gasteiger charge is -2.21. The summed E-state index contributed by atoms with van der Waals surface area (Å²) in [5.74, 6) is 4.27. The molecule has 0 saturated heterocycles. The zero-order chi connectivity index (χ0) is 14.6. The van der Waals surface area contributed by atoms with Crippen LogP contribution in [0.15, 0.2) is 12.1 Å². The molecule has 108 valence electrons. The molecule has 0 bridgehead atoms. The van der Waals surface area contributed by atoms with Crippen molar-refractivity contribution in [1.29, 1.82) is 0 Å². The number of hydrazine groups is 1. The van der Waals surface area contributed by atoms with Crippen LogP contribution < -0.4 is 11.3 Å². The molecule has 0 amide bonds. The van der Waals surface area contributed by atoms with E-state index in [9.17, 15) is 8.78 Å². The van der Waals surface area contributed by atoms with E-state index < -0.39 is 17.7 Å². The van der Waals surface area contributed by atoms with Gasteiger partial charge in [-0.05, 0) is 30.4 Å². The summed E-state index contributed by atoms with van der Waals surface area (Å²) in [5.41, 5.74) is 2.97. The van der Waals surface area contributed by atoms with Gasteiger partial charge in [0.25, 0.3) is 0 Å². The van der Waals surface area contributed by atoms with Crippen LogP contribution in [0.5, 0.6) is 0 Å². The lowest BCUT2D eigenvalue weighted by molar-refractivity contribution is 0.342. The van der Waals surface area contributed by atoms with Gasteiger partial charge in [-0.3, -0.25) is 11.3 Å². The van der Waals surface area contributed by atoms with Crippen LogP contribution in [0.1, 0.15) is 51.6 Å². The lowest BCUT2D eigenvalue weighted by atomic mass is 9.88. The fourth-order valence-corrected chi connectivity index (χ4v) is 2.12. The van der Waals surface area contributed by atoms with Crippen LogP contribution in [-0.4, -0.2) is 0 Å². The molecular weight excluding hydrogens is 270 g/mol. The van der Waals surface area contributed by atoms with Gasteiger partial charge in [-0.2, -0.15) is 0 Å². The van der Waals surface area contributed by atoms with E-state index in [2.05, 4.69) is 26.2 Å². The van der Waals surface area contributed by atoms with Crippen LogP contribution in [0, 0.1) is 17.0 Å². The average Bonchev–Trinajstić information content (AvgIpc) is 2.29. The van der Waals surface area contributed by atoms with Crippen molar-refractivity contribution >= 4 is 11.6 Å². The Kier molecular flexibility index (Phi) is 5.71. The molecule has 1 rings (SSSR count). The first kappa shape index (κ1) is 16.3. The molecule has 0 saturated carbocycles. The molecule has 0 radical (unpaired) electrons. The van der Waals surface area contributed by atoms with Gasteiger partial charge in [0.1, 0.15) is 11.6 Å². The Hall–Kier alpha value is -0.710. The normalized spacial score (nSPS) is 13.6. The van der Waals surface area contributed by atoms with Gasteiger partial charge >= 0.3 is 0 Å². The third-order valence-electron chi connectivity index (χ3n) is 3.04. The maximum Gasteiger partial charge on any atom is 0.142 e. The molecule has 0 heterocycles. The smallest absolute Gasteiger partial charge is 0.142 e. The highest BCUT2D eigenvalue weighted by molar-refractivity contribution is 6.30. The van der Waals surface area contributed by atoms with Crippen LogP contribution in [0.2, 0.25) is 5.02 Å². The topological polar surface area (TPSA) is 38.0 Å². The van der Waals surface area contributed by atoms with Gasteiger partial charge in [0, 0.05) is 11.6 Å². The van der Waals surface area contributed by atoms with E-state index in [1.807, 2.05) is 0 Å². The number of rotatable bonds is 5. The van der Waals surface area contributed by atoms with Crippen molar-refractivity contribution in [2.75, 3.05) is 0 Å². The predicted octanol–water partition coefficient (Wildman–Crippen LogP) is 4.34. The number of benzene rings is 1. The third kappa shape index (κ3) is 5.05. The van der Waals surface area contributed by atoms with Gasteiger partial charge in [0.05, 0.1) is 5.02 Å². The van der Waals surface area contributed by atoms with Crippen molar-refractivity contribution in [2.45, 2.75) is 46.1 Å². The van der Waals surface area contributed by atoms with E-state index in [1.54, 1.807) is 0 Å². The number of halogens is 3. The van der Waals surface area contributed by atoms with Crippen molar-refractivity contribution in [3.05, 3.63) is 34.4 Å². The summed E-state index contributed by atoms with van der Waals surface area (Å²) in [7, 11) is 0. The summed E-state index contributed by atoms with van der Waals surface area (Å²) in [6.07, 6.45) is 2.51. The van der Waals surface area contributed by atoms with E-state index in [0.717, 1.165) is 25.0 Å².